The maximum Gasteiger partial charge on any atom is 0.433 e. The highest BCUT2D eigenvalue weighted by molar-refractivity contribution is 6.30. The number of hydrogen-bond donors (Lipinski definition) is 1. The van der Waals surface area contributed by atoms with Crippen LogP contribution in [-0.4, -0.2) is 14.1 Å². The lowest BCUT2D eigenvalue weighted by Crippen LogP contribution is -2.25. The van der Waals surface area contributed by atoms with Crippen molar-refractivity contribution in [3.05, 3.63) is 86.2 Å². The highest BCUT2D eigenvalue weighted by Gasteiger charge is 2.33. The number of halogens is 4. The van der Waals surface area contributed by atoms with E-state index in [4.69, 9.17) is 17.3 Å². The first-order valence-electron chi connectivity index (χ1n) is 8.93. The van der Waals surface area contributed by atoms with Crippen LogP contribution in [-0.2, 0) is 13.2 Å². The van der Waals surface area contributed by atoms with E-state index in [0.717, 1.165) is 10.6 Å². The third-order valence-electron chi connectivity index (χ3n) is 4.81. The normalized spacial score (nSPS) is 11.8. The van der Waals surface area contributed by atoms with Gasteiger partial charge in [-0.05, 0) is 42.5 Å². The number of pyridine rings is 3. The third kappa shape index (κ3) is 3.57. The van der Waals surface area contributed by atoms with Crippen LogP contribution >= 0.6 is 11.6 Å². The molecule has 158 valence electrons. The van der Waals surface area contributed by atoms with Gasteiger partial charge in [0.1, 0.15) is 11.3 Å². The molecule has 31 heavy (non-hydrogen) atoms. The Labute approximate surface area is 177 Å². The predicted octanol–water partition coefficient (Wildman–Crippen LogP) is 4.01. The van der Waals surface area contributed by atoms with Crippen LogP contribution in [0.3, 0.4) is 0 Å². The van der Waals surface area contributed by atoms with Crippen LogP contribution < -0.4 is 16.9 Å². The Bertz CT molecular complexity index is 1440. The topological polar surface area (TPSA) is 82.9 Å². The van der Waals surface area contributed by atoms with Gasteiger partial charge in [-0.3, -0.25) is 14.2 Å². The minimum absolute atomic E-state index is 0.0370. The molecule has 0 spiro atoms. The molecule has 0 fully saturated rings. The Morgan fingerprint density at radius 3 is 2.29 bits per heavy atom. The molecule has 0 saturated carbocycles. The number of rotatable bonds is 2. The molecule has 10 heteroatoms. The van der Waals surface area contributed by atoms with E-state index in [1.807, 2.05) is 0 Å². The molecule has 0 unspecified atom stereocenters. The van der Waals surface area contributed by atoms with Crippen molar-refractivity contribution < 1.29 is 13.2 Å². The molecule has 0 atom stereocenters. The summed E-state index contributed by atoms with van der Waals surface area (Å²) >= 11 is 5.92. The van der Waals surface area contributed by atoms with Crippen molar-refractivity contribution in [3.8, 4) is 16.8 Å². The Morgan fingerprint density at radius 2 is 1.68 bits per heavy atom. The molecule has 0 radical (unpaired) electrons. The van der Waals surface area contributed by atoms with E-state index in [2.05, 4.69) is 4.98 Å². The number of benzene rings is 1. The Balaban J connectivity index is 2.16. The van der Waals surface area contributed by atoms with E-state index in [1.54, 1.807) is 0 Å². The second kappa shape index (κ2) is 7.28. The molecule has 4 rings (SSSR count). The molecule has 0 aliphatic carbocycles. The summed E-state index contributed by atoms with van der Waals surface area (Å²) in [6, 6.07) is 10.7. The Hall–Kier alpha value is -3.59. The fraction of sp³-hybridized carbons (Fsp3) is 0.0952. The van der Waals surface area contributed by atoms with Gasteiger partial charge >= 0.3 is 6.18 Å². The van der Waals surface area contributed by atoms with Gasteiger partial charge in [-0.1, -0.05) is 11.6 Å². The van der Waals surface area contributed by atoms with Crippen molar-refractivity contribution in [1.82, 2.24) is 14.1 Å². The zero-order chi connectivity index (χ0) is 22.5. The Morgan fingerprint density at radius 1 is 1.00 bits per heavy atom. The van der Waals surface area contributed by atoms with Crippen molar-refractivity contribution in [2.75, 3.05) is 5.73 Å². The van der Waals surface area contributed by atoms with E-state index in [0.29, 0.717) is 10.6 Å². The van der Waals surface area contributed by atoms with Crippen LogP contribution in [0.1, 0.15) is 5.69 Å². The number of hydrogen-bond acceptors (Lipinski definition) is 4. The first-order chi connectivity index (χ1) is 14.6. The quantitative estimate of drug-likeness (QED) is 0.504. The van der Waals surface area contributed by atoms with E-state index in [9.17, 15) is 22.8 Å². The zero-order valence-electron chi connectivity index (χ0n) is 15.9. The largest absolute Gasteiger partial charge is 0.433 e. The second-order valence-corrected chi connectivity index (χ2v) is 7.27. The standard InChI is InChI=1S/C21H14ClF3N4O2/c1-28-10-11(2-9-16(28)30)17-18(26)14-7-8-15(21(23,24)25)27-19(14)29(20(17)31)13-5-3-12(22)4-6-13/h2-10H,26H2,1H3. The highest BCUT2D eigenvalue weighted by Crippen LogP contribution is 2.33. The van der Waals surface area contributed by atoms with E-state index >= 15 is 0 Å². The number of aromatic nitrogens is 3. The van der Waals surface area contributed by atoms with Gasteiger partial charge in [-0.25, -0.2) is 4.98 Å². The summed E-state index contributed by atoms with van der Waals surface area (Å²) in [5, 5.41) is 0.546. The summed E-state index contributed by atoms with van der Waals surface area (Å²) in [5.41, 5.74) is 4.46. The van der Waals surface area contributed by atoms with E-state index in [1.165, 1.54) is 60.3 Å². The number of fused-ring (bicyclic) bond motifs is 1. The van der Waals surface area contributed by atoms with E-state index < -0.39 is 17.4 Å². The maximum atomic E-state index is 13.5. The summed E-state index contributed by atoms with van der Waals surface area (Å²) < 4.78 is 42.2. The molecule has 6 nitrogen and oxygen atoms in total. The van der Waals surface area contributed by atoms with Crippen LogP contribution in [0.2, 0.25) is 5.02 Å². The molecule has 2 N–H and O–H groups in total. The number of alkyl halides is 3. The average molecular weight is 447 g/mol. The smallest absolute Gasteiger partial charge is 0.397 e. The molecule has 0 aliphatic heterocycles. The number of nitrogens with zero attached hydrogens (tertiary/aromatic N) is 3. The van der Waals surface area contributed by atoms with Crippen molar-refractivity contribution in [1.29, 1.82) is 0 Å². The molecule has 1 aromatic carbocycles. The van der Waals surface area contributed by atoms with Crippen LogP contribution in [0.25, 0.3) is 27.8 Å². The van der Waals surface area contributed by atoms with Crippen LogP contribution in [0.4, 0.5) is 18.9 Å². The lowest BCUT2D eigenvalue weighted by atomic mass is 10.0. The maximum absolute atomic E-state index is 13.5. The SMILES string of the molecule is Cn1cc(-c2c(N)c3ccc(C(F)(F)F)nc3n(-c3ccc(Cl)cc3)c2=O)ccc1=O. The van der Waals surface area contributed by atoms with Crippen molar-refractivity contribution in [2.24, 2.45) is 7.05 Å². The van der Waals surface area contributed by atoms with Crippen molar-refractivity contribution >= 4 is 28.3 Å². The summed E-state index contributed by atoms with van der Waals surface area (Å²) in [7, 11) is 1.51. The first-order valence-corrected chi connectivity index (χ1v) is 9.31. The second-order valence-electron chi connectivity index (χ2n) is 6.84. The van der Waals surface area contributed by atoms with Gasteiger partial charge < -0.3 is 10.3 Å². The molecular weight excluding hydrogens is 433 g/mol. The van der Waals surface area contributed by atoms with Gasteiger partial charge in [0.15, 0.2) is 0 Å². The van der Waals surface area contributed by atoms with E-state index in [-0.39, 0.29) is 33.5 Å². The van der Waals surface area contributed by atoms with Crippen molar-refractivity contribution in [2.45, 2.75) is 6.18 Å². The molecule has 0 amide bonds. The summed E-state index contributed by atoms with van der Waals surface area (Å²) in [6.45, 7) is 0. The molecule has 3 aromatic heterocycles. The fourth-order valence-corrected chi connectivity index (χ4v) is 3.42. The monoisotopic (exact) mass is 446 g/mol. The number of nitrogens with two attached hydrogens (primary N) is 1. The van der Waals surface area contributed by atoms with Crippen LogP contribution in [0.5, 0.6) is 0 Å². The number of aryl methyl sites for hydroxylation is 1. The number of anilines is 1. The van der Waals surface area contributed by atoms with Gasteiger partial charge in [0.05, 0.1) is 16.9 Å². The predicted molar refractivity (Wildman–Crippen MR) is 112 cm³/mol. The third-order valence-corrected chi connectivity index (χ3v) is 5.07. The summed E-state index contributed by atoms with van der Waals surface area (Å²) in [4.78, 5) is 28.9. The zero-order valence-corrected chi connectivity index (χ0v) is 16.7. The van der Waals surface area contributed by atoms with Crippen molar-refractivity contribution in [3.63, 3.8) is 0 Å². The molecule has 4 aromatic rings. The minimum atomic E-state index is -4.71. The summed E-state index contributed by atoms with van der Waals surface area (Å²) in [5.74, 6) is 0. The minimum Gasteiger partial charge on any atom is -0.397 e. The lowest BCUT2D eigenvalue weighted by Gasteiger charge is -2.17. The average Bonchev–Trinajstić information content (AvgIpc) is 2.71. The van der Waals surface area contributed by atoms with Crippen LogP contribution in [0, 0.1) is 0 Å². The van der Waals surface area contributed by atoms with Gasteiger partial charge in [-0.15, -0.1) is 0 Å². The van der Waals surface area contributed by atoms with Gasteiger partial charge in [0, 0.05) is 35.3 Å². The first kappa shape index (κ1) is 20.7. The Kier molecular flexibility index (Phi) is 4.85. The molecule has 0 aliphatic rings. The molecule has 3 heterocycles. The van der Waals surface area contributed by atoms with Crippen LogP contribution in [0.15, 0.2) is 64.3 Å². The highest BCUT2D eigenvalue weighted by atomic mass is 35.5. The van der Waals surface area contributed by atoms with Gasteiger partial charge in [0.2, 0.25) is 5.56 Å². The number of nitrogen functional groups attached to an aromatic ring is 1. The summed E-state index contributed by atoms with van der Waals surface area (Å²) in [6.07, 6.45) is -3.27. The molecule has 0 saturated heterocycles. The molecular formula is C21H14ClF3N4O2. The van der Waals surface area contributed by atoms with Gasteiger partial charge in [0.25, 0.3) is 5.56 Å². The lowest BCUT2D eigenvalue weighted by molar-refractivity contribution is -0.141. The fourth-order valence-electron chi connectivity index (χ4n) is 3.30. The molecule has 0 bridgehead atoms. The van der Waals surface area contributed by atoms with Gasteiger partial charge in [-0.2, -0.15) is 13.2 Å².